The van der Waals surface area contributed by atoms with E-state index in [1.807, 2.05) is 26.8 Å². The molecule has 3 nitrogen and oxygen atoms in total. The number of ether oxygens (including phenoxy) is 1. The molecule has 116 valence electrons. The highest BCUT2D eigenvalue weighted by Gasteiger charge is 2.21. The number of halogens is 1. The van der Waals surface area contributed by atoms with E-state index in [1.54, 1.807) is 24.3 Å². The number of hydrogen-bond donors (Lipinski definition) is 1. The molecule has 0 aliphatic heterocycles. The lowest BCUT2D eigenvalue weighted by molar-refractivity contribution is 0.103. The Hall–Kier alpha value is -2.00. The van der Waals surface area contributed by atoms with Crippen LogP contribution in [0.3, 0.4) is 0 Å². The normalized spacial score (nSPS) is 10.5. The Morgan fingerprint density at radius 2 is 2.00 bits per heavy atom. The van der Waals surface area contributed by atoms with Crippen LogP contribution in [0.5, 0.6) is 5.75 Å². The first kappa shape index (κ1) is 16.4. The maximum Gasteiger partial charge on any atom is 0.197 e. The topological polar surface area (TPSA) is 52.3 Å². The van der Waals surface area contributed by atoms with Gasteiger partial charge < -0.3 is 10.5 Å². The molecular weight excluding hydrogens is 298 g/mol. The van der Waals surface area contributed by atoms with Crippen LogP contribution in [-0.4, -0.2) is 12.4 Å². The molecule has 2 aromatic rings. The van der Waals surface area contributed by atoms with Crippen LogP contribution in [0.1, 0.15) is 40.4 Å². The quantitative estimate of drug-likeness (QED) is 0.649. The third-order valence-corrected chi connectivity index (χ3v) is 4.06. The molecule has 0 fully saturated rings. The molecule has 2 aromatic carbocycles. The fourth-order valence-corrected chi connectivity index (χ4v) is 2.50. The summed E-state index contributed by atoms with van der Waals surface area (Å²) in [5.41, 5.74) is 9.00. The SMILES string of the molecule is CCCOc1cc(C)c(Cl)c(C)c1C(=O)c1cccc(N)c1. The van der Waals surface area contributed by atoms with Crippen molar-refractivity contribution in [2.45, 2.75) is 27.2 Å². The number of hydrogen-bond acceptors (Lipinski definition) is 3. The standard InChI is InChI=1S/C18H20ClNO2/c1-4-8-22-15-9-11(2)17(19)12(3)16(15)18(21)13-6-5-7-14(20)10-13/h5-7,9-10H,4,8,20H2,1-3H3. The summed E-state index contributed by atoms with van der Waals surface area (Å²) < 4.78 is 5.77. The van der Waals surface area contributed by atoms with Gasteiger partial charge in [-0.1, -0.05) is 30.7 Å². The van der Waals surface area contributed by atoms with Crippen molar-refractivity contribution in [3.63, 3.8) is 0 Å². The van der Waals surface area contributed by atoms with Crippen molar-refractivity contribution in [2.75, 3.05) is 12.3 Å². The molecule has 2 N–H and O–H groups in total. The van der Waals surface area contributed by atoms with Gasteiger partial charge in [-0.2, -0.15) is 0 Å². The van der Waals surface area contributed by atoms with Crippen LogP contribution in [0, 0.1) is 13.8 Å². The molecule has 0 unspecified atom stereocenters. The average molecular weight is 318 g/mol. The number of nitrogen functional groups attached to an aromatic ring is 1. The van der Waals surface area contributed by atoms with Crippen LogP contribution < -0.4 is 10.5 Å². The summed E-state index contributed by atoms with van der Waals surface area (Å²) in [4.78, 5) is 12.9. The summed E-state index contributed by atoms with van der Waals surface area (Å²) >= 11 is 6.32. The molecular formula is C18H20ClNO2. The van der Waals surface area contributed by atoms with Crippen molar-refractivity contribution in [3.8, 4) is 5.75 Å². The molecule has 0 saturated carbocycles. The third-order valence-electron chi connectivity index (χ3n) is 3.48. The van der Waals surface area contributed by atoms with Gasteiger partial charge in [0.25, 0.3) is 0 Å². The lowest BCUT2D eigenvalue weighted by atomic mass is 9.96. The third kappa shape index (κ3) is 3.25. The van der Waals surface area contributed by atoms with Crippen molar-refractivity contribution >= 4 is 23.1 Å². The van der Waals surface area contributed by atoms with Gasteiger partial charge in [0.15, 0.2) is 5.78 Å². The van der Waals surface area contributed by atoms with Crippen molar-refractivity contribution in [3.05, 3.63) is 57.6 Å². The lowest BCUT2D eigenvalue weighted by Crippen LogP contribution is -2.10. The minimum atomic E-state index is -0.127. The zero-order valence-corrected chi connectivity index (χ0v) is 13.8. The zero-order valence-electron chi connectivity index (χ0n) is 13.1. The molecule has 0 aliphatic carbocycles. The number of carbonyl (C=O) groups is 1. The predicted molar refractivity (Wildman–Crippen MR) is 91.0 cm³/mol. The van der Waals surface area contributed by atoms with Crippen molar-refractivity contribution in [2.24, 2.45) is 0 Å². The number of carbonyl (C=O) groups excluding carboxylic acids is 1. The van der Waals surface area contributed by atoms with E-state index in [0.29, 0.717) is 34.2 Å². The molecule has 0 aromatic heterocycles. The van der Waals surface area contributed by atoms with Crippen molar-refractivity contribution in [1.82, 2.24) is 0 Å². The van der Waals surface area contributed by atoms with Gasteiger partial charge in [-0.05, 0) is 49.6 Å². The van der Waals surface area contributed by atoms with Gasteiger partial charge in [-0.25, -0.2) is 0 Å². The Labute approximate surface area is 136 Å². The Kier molecular flexibility index (Phi) is 5.09. The second kappa shape index (κ2) is 6.84. The van der Waals surface area contributed by atoms with E-state index < -0.39 is 0 Å². The first-order valence-electron chi connectivity index (χ1n) is 7.28. The van der Waals surface area contributed by atoms with E-state index in [4.69, 9.17) is 22.1 Å². The van der Waals surface area contributed by atoms with E-state index in [1.165, 1.54) is 0 Å². The van der Waals surface area contributed by atoms with E-state index >= 15 is 0 Å². The lowest BCUT2D eigenvalue weighted by Gasteiger charge is -2.16. The van der Waals surface area contributed by atoms with Gasteiger partial charge in [0.2, 0.25) is 0 Å². The summed E-state index contributed by atoms with van der Waals surface area (Å²) in [6, 6.07) is 8.75. The van der Waals surface area contributed by atoms with Crippen LogP contribution in [0.2, 0.25) is 5.02 Å². The molecule has 0 amide bonds. The number of rotatable bonds is 5. The van der Waals surface area contributed by atoms with E-state index in [9.17, 15) is 4.79 Å². The molecule has 2 rings (SSSR count). The monoisotopic (exact) mass is 317 g/mol. The van der Waals surface area contributed by atoms with Crippen molar-refractivity contribution in [1.29, 1.82) is 0 Å². The highest BCUT2D eigenvalue weighted by Crippen LogP contribution is 2.33. The number of anilines is 1. The minimum Gasteiger partial charge on any atom is -0.493 e. The Balaban J connectivity index is 2.56. The summed E-state index contributed by atoms with van der Waals surface area (Å²) in [6.45, 7) is 6.32. The van der Waals surface area contributed by atoms with Crippen LogP contribution in [-0.2, 0) is 0 Å². The van der Waals surface area contributed by atoms with Crippen LogP contribution >= 0.6 is 11.6 Å². The molecule has 0 bridgehead atoms. The van der Waals surface area contributed by atoms with Crippen LogP contribution in [0.4, 0.5) is 5.69 Å². The average Bonchev–Trinajstić information content (AvgIpc) is 2.50. The molecule has 22 heavy (non-hydrogen) atoms. The first-order valence-corrected chi connectivity index (χ1v) is 7.66. The Morgan fingerprint density at radius 3 is 2.64 bits per heavy atom. The Bertz CT molecular complexity index is 710. The largest absolute Gasteiger partial charge is 0.493 e. The highest BCUT2D eigenvalue weighted by atomic mass is 35.5. The van der Waals surface area contributed by atoms with E-state index in [0.717, 1.165) is 17.5 Å². The number of benzene rings is 2. The maximum absolute atomic E-state index is 12.9. The molecule has 0 aliphatic rings. The van der Waals surface area contributed by atoms with Gasteiger partial charge >= 0.3 is 0 Å². The zero-order chi connectivity index (χ0) is 16.3. The van der Waals surface area contributed by atoms with Gasteiger partial charge in [-0.15, -0.1) is 0 Å². The number of nitrogens with two attached hydrogens (primary N) is 1. The molecule has 0 saturated heterocycles. The van der Waals surface area contributed by atoms with Crippen LogP contribution in [0.25, 0.3) is 0 Å². The Morgan fingerprint density at radius 1 is 1.27 bits per heavy atom. The highest BCUT2D eigenvalue weighted by molar-refractivity contribution is 6.33. The van der Waals surface area contributed by atoms with Gasteiger partial charge in [0, 0.05) is 16.3 Å². The summed E-state index contributed by atoms with van der Waals surface area (Å²) in [5.74, 6) is 0.450. The van der Waals surface area contributed by atoms with E-state index in [2.05, 4.69) is 0 Å². The molecule has 0 atom stereocenters. The fraction of sp³-hybridized carbons (Fsp3) is 0.278. The van der Waals surface area contributed by atoms with Crippen LogP contribution in [0.15, 0.2) is 30.3 Å². The first-order chi connectivity index (χ1) is 10.5. The number of aryl methyl sites for hydroxylation is 1. The minimum absolute atomic E-state index is 0.127. The smallest absolute Gasteiger partial charge is 0.197 e. The molecule has 0 heterocycles. The van der Waals surface area contributed by atoms with Gasteiger partial charge in [0.05, 0.1) is 12.2 Å². The summed E-state index contributed by atoms with van der Waals surface area (Å²) in [6.07, 6.45) is 0.868. The van der Waals surface area contributed by atoms with Gasteiger partial charge in [0.1, 0.15) is 5.75 Å². The summed E-state index contributed by atoms with van der Waals surface area (Å²) in [7, 11) is 0. The number of ketones is 1. The molecule has 0 spiro atoms. The second-order valence-corrected chi connectivity index (χ2v) is 5.69. The maximum atomic E-state index is 12.9. The second-order valence-electron chi connectivity index (χ2n) is 5.31. The fourth-order valence-electron chi connectivity index (χ4n) is 2.35. The van der Waals surface area contributed by atoms with E-state index in [-0.39, 0.29) is 5.78 Å². The molecule has 4 heteroatoms. The predicted octanol–water partition coefficient (Wildman–Crippen LogP) is 4.56. The summed E-state index contributed by atoms with van der Waals surface area (Å²) in [5, 5.41) is 0.594. The van der Waals surface area contributed by atoms with Crippen molar-refractivity contribution < 1.29 is 9.53 Å². The molecule has 0 radical (unpaired) electrons. The van der Waals surface area contributed by atoms with Gasteiger partial charge in [-0.3, -0.25) is 4.79 Å².